The Bertz CT molecular complexity index is 726. The second kappa shape index (κ2) is 5.26. The van der Waals surface area contributed by atoms with E-state index in [1.165, 1.54) is 30.4 Å². The lowest BCUT2D eigenvalue weighted by atomic mass is 9.83. The molecule has 0 amide bonds. The Labute approximate surface area is 126 Å². The van der Waals surface area contributed by atoms with Crippen LogP contribution in [0.4, 0.5) is 0 Å². The molecule has 0 aromatic heterocycles. The fourth-order valence-corrected chi connectivity index (χ4v) is 3.74. The van der Waals surface area contributed by atoms with Gasteiger partial charge >= 0.3 is 0 Å². The second-order valence-electron chi connectivity index (χ2n) is 6.00. The van der Waals surface area contributed by atoms with Crippen LogP contribution in [-0.4, -0.2) is 0 Å². The number of benzene rings is 2. The van der Waals surface area contributed by atoms with Crippen LogP contribution >= 0.6 is 0 Å². The van der Waals surface area contributed by atoms with Crippen LogP contribution < -0.4 is 0 Å². The van der Waals surface area contributed by atoms with E-state index in [0.717, 1.165) is 11.5 Å². The Hall–Kier alpha value is -2.26. The molecule has 0 nitrogen and oxygen atoms in total. The van der Waals surface area contributed by atoms with Gasteiger partial charge in [0.05, 0.1) is 0 Å². The molecule has 2 unspecified atom stereocenters. The predicted molar refractivity (Wildman–Crippen MR) is 87.5 cm³/mol. The highest BCUT2D eigenvalue weighted by Crippen LogP contribution is 2.51. The monoisotopic (exact) mass is 270 g/mol. The molecule has 0 spiro atoms. The number of allylic oxidation sites excluding steroid dienone is 2. The van der Waals surface area contributed by atoms with Gasteiger partial charge in [0.2, 0.25) is 0 Å². The van der Waals surface area contributed by atoms with Crippen molar-refractivity contribution in [2.24, 2.45) is 11.8 Å². The van der Waals surface area contributed by atoms with Gasteiger partial charge in [-0.1, -0.05) is 65.9 Å². The van der Waals surface area contributed by atoms with E-state index in [1.54, 1.807) is 5.57 Å². The van der Waals surface area contributed by atoms with Gasteiger partial charge in [0.1, 0.15) is 0 Å². The van der Waals surface area contributed by atoms with E-state index in [9.17, 15) is 0 Å². The summed E-state index contributed by atoms with van der Waals surface area (Å²) in [5, 5.41) is 0. The molecule has 2 atom stereocenters. The fraction of sp³-hybridized carbons (Fsp3) is 0.238. The molecule has 2 aliphatic rings. The van der Waals surface area contributed by atoms with Crippen LogP contribution in [0.1, 0.15) is 30.4 Å². The zero-order valence-electron chi connectivity index (χ0n) is 12.0. The molecule has 1 saturated carbocycles. The molecule has 0 N–H and O–H groups in total. The van der Waals surface area contributed by atoms with Gasteiger partial charge in [-0.15, -0.1) is 0 Å². The minimum atomic E-state index is 0.427. The van der Waals surface area contributed by atoms with Crippen molar-refractivity contribution in [1.82, 2.24) is 0 Å². The Balaban J connectivity index is 1.71. The molecule has 2 aliphatic carbocycles. The molecule has 21 heavy (non-hydrogen) atoms. The lowest BCUT2D eigenvalue weighted by Crippen LogP contribution is -2.10. The van der Waals surface area contributed by atoms with Crippen LogP contribution in [-0.2, 0) is 0 Å². The summed E-state index contributed by atoms with van der Waals surface area (Å²) in [4.78, 5) is 0. The van der Waals surface area contributed by atoms with Crippen molar-refractivity contribution in [2.75, 3.05) is 0 Å². The maximum absolute atomic E-state index is 3.57. The highest BCUT2D eigenvalue weighted by molar-refractivity contribution is 5.76. The number of fused-ring (bicyclic) bond motifs is 2. The highest BCUT2D eigenvalue weighted by atomic mass is 14.4. The van der Waals surface area contributed by atoms with Gasteiger partial charge in [0.25, 0.3) is 0 Å². The van der Waals surface area contributed by atoms with Crippen molar-refractivity contribution in [3.05, 3.63) is 77.4 Å². The fourth-order valence-electron chi connectivity index (χ4n) is 3.74. The Morgan fingerprint density at radius 2 is 1.57 bits per heavy atom. The lowest BCUT2D eigenvalue weighted by molar-refractivity contribution is 0.509. The average Bonchev–Trinajstić information content (AvgIpc) is 3.16. The Morgan fingerprint density at radius 1 is 0.857 bits per heavy atom. The van der Waals surface area contributed by atoms with E-state index < -0.39 is 0 Å². The minimum Gasteiger partial charge on any atom is -0.0894 e. The smallest absolute Gasteiger partial charge is 0.0492 e. The third-order valence-corrected chi connectivity index (χ3v) is 4.72. The first-order valence-electron chi connectivity index (χ1n) is 7.76. The zero-order valence-corrected chi connectivity index (χ0v) is 12.0. The van der Waals surface area contributed by atoms with Crippen molar-refractivity contribution in [3.63, 3.8) is 0 Å². The average molecular weight is 270 g/mol. The molecular weight excluding hydrogens is 252 g/mol. The predicted octanol–water partition coefficient (Wildman–Crippen LogP) is 4.92. The summed E-state index contributed by atoms with van der Waals surface area (Å²) in [6.07, 6.45) is 3.86. The van der Waals surface area contributed by atoms with Gasteiger partial charge in [-0.05, 0) is 48.4 Å². The summed E-state index contributed by atoms with van der Waals surface area (Å²) >= 11 is 0. The van der Waals surface area contributed by atoms with E-state index in [4.69, 9.17) is 0 Å². The van der Waals surface area contributed by atoms with Crippen LogP contribution in [0.5, 0.6) is 0 Å². The molecule has 0 aliphatic heterocycles. The Kier molecular flexibility index (Phi) is 3.13. The third kappa shape index (κ3) is 2.30. The van der Waals surface area contributed by atoms with Gasteiger partial charge in [0, 0.05) is 11.5 Å². The van der Waals surface area contributed by atoms with Gasteiger partial charge in [0.15, 0.2) is 0 Å². The number of hydrogen-bond acceptors (Lipinski definition) is 0. The molecule has 2 aromatic carbocycles. The normalized spacial score (nSPS) is 23.0. The molecule has 0 heteroatoms. The number of rotatable bonds is 1. The first kappa shape index (κ1) is 12.5. The van der Waals surface area contributed by atoms with Crippen LogP contribution in [0.15, 0.2) is 66.2 Å². The van der Waals surface area contributed by atoms with Crippen LogP contribution in [0, 0.1) is 23.7 Å². The van der Waals surface area contributed by atoms with Crippen molar-refractivity contribution >= 4 is 5.57 Å². The van der Waals surface area contributed by atoms with Crippen molar-refractivity contribution in [3.8, 4) is 11.8 Å². The van der Waals surface area contributed by atoms with E-state index in [0.29, 0.717) is 5.92 Å². The summed E-state index contributed by atoms with van der Waals surface area (Å²) in [6, 6.07) is 21.2. The molecule has 2 aromatic rings. The Morgan fingerprint density at radius 3 is 2.33 bits per heavy atom. The summed E-state index contributed by atoms with van der Waals surface area (Å²) in [5.74, 6) is 8.13. The molecular formula is C21H18. The van der Waals surface area contributed by atoms with Crippen LogP contribution in [0.3, 0.4) is 0 Å². The highest BCUT2D eigenvalue weighted by Gasteiger charge is 2.38. The first-order chi connectivity index (χ1) is 10.4. The van der Waals surface area contributed by atoms with E-state index >= 15 is 0 Å². The van der Waals surface area contributed by atoms with Gasteiger partial charge in [-0.25, -0.2) is 0 Å². The first-order valence-corrected chi connectivity index (χ1v) is 7.76. The van der Waals surface area contributed by atoms with Gasteiger partial charge < -0.3 is 0 Å². The van der Waals surface area contributed by atoms with Crippen molar-refractivity contribution < 1.29 is 0 Å². The molecule has 0 heterocycles. The molecule has 102 valence electrons. The number of hydrogen-bond donors (Lipinski definition) is 0. The lowest BCUT2D eigenvalue weighted by Gasteiger charge is -2.20. The summed E-state index contributed by atoms with van der Waals surface area (Å²) in [6.45, 7) is 0. The van der Waals surface area contributed by atoms with Gasteiger partial charge in [-0.2, -0.15) is 0 Å². The molecule has 0 saturated heterocycles. The largest absolute Gasteiger partial charge is 0.0894 e. The molecule has 2 bridgehead atoms. The summed E-state index contributed by atoms with van der Waals surface area (Å²) in [5.41, 5.74) is 5.67. The summed E-state index contributed by atoms with van der Waals surface area (Å²) < 4.78 is 0. The summed E-state index contributed by atoms with van der Waals surface area (Å²) in [7, 11) is 0. The SMILES string of the molecule is C(#CC1C(c2ccccc2)=C2CCC1C2)c1ccccc1. The van der Waals surface area contributed by atoms with Crippen LogP contribution in [0.2, 0.25) is 0 Å². The van der Waals surface area contributed by atoms with E-state index in [-0.39, 0.29) is 0 Å². The van der Waals surface area contributed by atoms with Crippen LogP contribution in [0.25, 0.3) is 5.57 Å². The standard InChI is InChI=1S/C21H18/c1-3-7-16(8-4-1)11-14-20-18-12-13-19(15-18)21(20)17-9-5-2-6-10-17/h1-10,18,20H,12-13,15H2. The molecule has 1 fully saturated rings. The minimum absolute atomic E-state index is 0.427. The van der Waals surface area contributed by atoms with Gasteiger partial charge in [-0.3, -0.25) is 0 Å². The van der Waals surface area contributed by atoms with Crippen molar-refractivity contribution in [2.45, 2.75) is 19.3 Å². The van der Waals surface area contributed by atoms with Crippen molar-refractivity contribution in [1.29, 1.82) is 0 Å². The molecule has 4 rings (SSSR count). The zero-order chi connectivity index (χ0) is 14.1. The van der Waals surface area contributed by atoms with E-state index in [2.05, 4.69) is 66.4 Å². The third-order valence-electron chi connectivity index (χ3n) is 4.72. The maximum atomic E-state index is 3.57. The molecule has 0 radical (unpaired) electrons. The topological polar surface area (TPSA) is 0 Å². The maximum Gasteiger partial charge on any atom is 0.0492 e. The quantitative estimate of drug-likeness (QED) is 0.645. The van der Waals surface area contributed by atoms with E-state index in [1.807, 2.05) is 6.07 Å². The second-order valence-corrected chi connectivity index (χ2v) is 6.00.